The molecule has 0 aliphatic heterocycles. The quantitative estimate of drug-likeness (QED) is 0.674. The van der Waals surface area contributed by atoms with Crippen LogP contribution in [0.5, 0.6) is 0 Å². The van der Waals surface area contributed by atoms with E-state index < -0.39 is 0 Å². The Morgan fingerprint density at radius 2 is 2.00 bits per heavy atom. The number of hydrogen-bond donors (Lipinski definition) is 1. The molecule has 0 aliphatic rings. The van der Waals surface area contributed by atoms with Crippen LogP contribution in [0.1, 0.15) is 25.7 Å². The average molecular weight is 285 g/mol. The summed E-state index contributed by atoms with van der Waals surface area (Å²) in [5, 5.41) is 12.5. The molecule has 3 aromatic rings. The fourth-order valence-electron chi connectivity index (χ4n) is 2.21. The zero-order chi connectivity index (χ0) is 14.5. The summed E-state index contributed by atoms with van der Waals surface area (Å²) in [4.78, 5) is 0. The van der Waals surface area contributed by atoms with Crippen LogP contribution in [0.25, 0.3) is 22.6 Å². The lowest BCUT2D eigenvalue weighted by Gasteiger charge is -1.99. The third kappa shape index (κ3) is 3.31. The molecule has 1 N–H and O–H groups in total. The van der Waals surface area contributed by atoms with Gasteiger partial charge in [0.15, 0.2) is 5.76 Å². The summed E-state index contributed by atoms with van der Waals surface area (Å²) in [6.07, 6.45) is 2.92. The molecule has 0 saturated heterocycles. The highest BCUT2D eigenvalue weighted by Crippen LogP contribution is 2.26. The van der Waals surface area contributed by atoms with Gasteiger partial charge in [-0.1, -0.05) is 25.1 Å². The number of aryl methyl sites for hydroxylation is 1. The fraction of sp³-hybridized carbons (Fsp3) is 0.375. The van der Waals surface area contributed by atoms with Gasteiger partial charge in [0.1, 0.15) is 5.58 Å². The van der Waals surface area contributed by atoms with Gasteiger partial charge in [-0.25, -0.2) is 0 Å². The molecule has 110 valence electrons. The van der Waals surface area contributed by atoms with Crippen LogP contribution < -0.4 is 5.32 Å². The number of aromatic nitrogens is 2. The van der Waals surface area contributed by atoms with Crippen molar-refractivity contribution in [1.82, 2.24) is 15.5 Å². The molecule has 0 saturated carbocycles. The molecule has 0 bridgehead atoms. The van der Waals surface area contributed by atoms with Crippen LogP contribution in [0.15, 0.2) is 39.2 Å². The van der Waals surface area contributed by atoms with Crippen LogP contribution in [-0.4, -0.2) is 23.3 Å². The zero-order valence-corrected chi connectivity index (χ0v) is 12.1. The predicted octanol–water partition coefficient (Wildman–Crippen LogP) is 3.42. The van der Waals surface area contributed by atoms with E-state index in [1.807, 2.05) is 30.3 Å². The molecule has 21 heavy (non-hydrogen) atoms. The van der Waals surface area contributed by atoms with Crippen molar-refractivity contribution in [3.8, 4) is 11.7 Å². The van der Waals surface area contributed by atoms with E-state index >= 15 is 0 Å². The van der Waals surface area contributed by atoms with E-state index in [0.717, 1.165) is 43.3 Å². The maximum atomic E-state index is 5.72. The van der Waals surface area contributed by atoms with Gasteiger partial charge in [0.2, 0.25) is 5.89 Å². The summed E-state index contributed by atoms with van der Waals surface area (Å²) in [5.74, 6) is 1.73. The normalized spacial score (nSPS) is 11.3. The van der Waals surface area contributed by atoms with Crippen LogP contribution in [0.3, 0.4) is 0 Å². The molecule has 0 fully saturated rings. The average Bonchev–Trinajstić information content (AvgIpc) is 3.13. The molecule has 5 nitrogen and oxygen atoms in total. The zero-order valence-electron chi connectivity index (χ0n) is 12.1. The van der Waals surface area contributed by atoms with E-state index in [1.165, 1.54) is 0 Å². The second kappa shape index (κ2) is 6.54. The Morgan fingerprint density at radius 1 is 1.10 bits per heavy atom. The lowest BCUT2D eigenvalue weighted by Crippen LogP contribution is -2.16. The van der Waals surface area contributed by atoms with Crippen molar-refractivity contribution in [3.05, 3.63) is 36.2 Å². The van der Waals surface area contributed by atoms with Gasteiger partial charge in [0.05, 0.1) is 0 Å². The highest BCUT2D eigenvalue weighted by atomic mass is 16.4. The second-order valence-corrected chi connectivity index (χ2v) is 5.00. The minimum absolute atomic E-state index is 0.447. The number of rotatable bonds is 7. The van der Waals surface area contributed by atoms with Crippen LogP contribution in [0.2, 0.25) is 0 Å². The second-order valence-electron chi connectivity index (χ2n) is 5.00. The first-order valence-corrected chi connectivity index (χ1v) is 7.39. The van der Waals surface area contributed by atoms with Gasteiger partial charge in [-0.2, -0.15) is 0 Å². The highest BCUT2D eigenvalue weighted by molar-refractivity contribution is 5.81. The van der Waals surface area contributed by atoms with Crippen molar-refractivity contribution in [2.24, 2.45) is 0 Å². The van der Waals surface area contributed by atoms with Crippen LogP contribution in [0, 0.1) is 0 Å². The summed E-state index contributed by atoms with van der Waals surface area (Å²) < 4.78 is 11.4. The molecule has 5 heteroatoms. The lowest BCUT2D eigenvalue weighted by atomic mass is 10.2. The number of hydrogen-bond acceptors (Lipinski definition) is 5. The van der Waals surface area contributed by atoms with E-state index in [0.29, 0.717) is 17.5 Å². The number of fused-ring (bicyclic) bond motifs is 1. The Balaban J connectivity index is 1.64. The molecule has 0 spiro atoms. The van der Waals surface area contributed by atoms with Crippen molar-refractivity contribution < 1.29 is 8.83 Å². The molecule has 0 aliphatic carbocycles. The first kappa shape index (κ1) is 13.8. The molecule has 1 aromatic carbocycles. The minimum Gasteiger partial charge on any atom is -0.451 e. The third-order valence-electron chi connectivity index (χ3n) is 3.27. The van der Waals surface area contributed by atoms with Crippen LogP contribution >= 0.6 is 0 Å². The van der Waals surface area contributed by atoms with E-state index in [2.05, 4.69) is 22.4 Å². The molecule has 0 amide bonds. The largest absolute Gasteiger partial charge is 0.451 e. The maximum Gasteiger partial charge on any atom is 0.283 e. The van der Waals surface area contributed by atoms with E-state index in [4.69, 9.17) is 8.83 Å². The number of para-hydroxylation sites is 1. The molecule has 0 radical (unpaired) electrons. The van der Waals surface area contributed by atoms with Crippen molar-refractivity contribution in [2.75, 3.05) is 13.1 Å². The van der Waals surface area contributed by atoms with E-state index in [9.17, 15) is 0 Å². The minimum atomic E-state index is 0.447. The maximum absolute atomic E-state index is 5.72. The van der Waals surface area contributed by atoms with Gasteiger partial charge in [-0.05, 0) is 38.1 Å². The van der Waals surface area contributed by atoms with Crippen LogP contribution in [-0.2, 0) is 6.42 Å². The summed E-state index contributed by atoms with van der Waals surface area (Å²) in [6.45, 7) is 4.18. The first-order chi connectivity index (χ1) is 10.4. The SMILES string of the molecule is CCCNCCCc1nnc(-c2cc3ccccc3o2)o1. The molecule has 3 rings (SSSR count). The number of nitrogens with one attached hydrogen (secondary N) is 1. The van der Waals surface area contributed by atoms with Gasteiger partial charge < -0.3 is 14.2 Å². The molecule has 2 heterocycles. The van der Waals surface area contributed by atoms with Crippen molar-refractivity contribution >= 4 is 11.0 Å². The monoisotopic (exact) mass is 285 g/mol. The lowest BCUT2D eigenvalue weighted by molar-refractivity contribution is 0.476. The first-order valence-electron chi connectivity index (χ1n) is 7.39. The van der Waals surface area contributed by atoms with Crippen LogP contribution in [0.4, 0.5) is 0 Å². The number of furan rings is 1. The molecular formula is C16H19N3O2. The predicted molar refractivity (Wildman–Crippen MR) is 81.0 cm³/mol. The summed E-state index contributed by atoms with van der Waals surface area (Å²) in [6, 6.07) is 9.77. The van der Waals surface area contributed by atoms with Gasteiger partial charge >= 0.3 is 0 Å². The number of benzene rings is 1. The van der Waals surface area contributed by atoms with Gasteiger partial charge in [0, 0.05) is 11.8 Å². The van der Waals surface area contributed by atoms with Crippen molar-refractivity contribution in [3.63, 3.8) is 0 Å². The highest BCUT2D eigenvalue weighted by Gasteiger charge is 2.13. The van der Waals surface area contributed by atoms with Crippen molar-refractivity contribution in [1.29, 1.82) is 0 Å². The van der Waals surface area contributed by atoms with Crippen molar-refractivity contribution in [2.45, 2.75) is 26.2 Å². The molecular weight excluding hydrogens is 266 g/mol. The Hall–Kier alpha value is -2.14. The summed E-state index contributed by atoms with van der Waals surface area (Å²) >= 11 is 0. The fourth-order valence-corrected chi connectivity index (χ4v) is 2.21. The Bertz CT molecular complexity index is 669. The van der Waals surface area contributed by atoms with Gasteiger partial charge in [-0.3, -0.25) is 0 Å². The third-order valence-corrected chi connectivity index (χ3v) is 3.27. The molecule has 0 unspecified atom stereocenters. The molecule has 0 atom stereocenters. The number of nitrogens with zero attached hydrogens (tertiary/aromatic N) is 2. The van der Waals surface area contributed by atoms with E-state index in [-0.39, 0.29) is 0 Å². The standard InChI is InChI=1S/C16H19N3O2/c1-2-9-17-10-5-8-15-18-19-16(21-15)14-11-12-6-3-4-7-13(12)20-14/h3-4,6-7,11,17H,2,5,8-10H2,1H3. The van der Waals surface area contributed by atoms with Gasteiger partial charge in [0.25, 0.3) is 5.89 Å². The Labute approximate surface area is 123 Å². The molecule has 2 aromatic heterocycles. The Morgan fingerprint density at radius 3 is 2.86 bits per heavy atom. The van der Waals surface area contributed by atoms with Gasteiger partial charge in [-0.15, -0.1) is 10.2 Å². The topological polar surface area (TPSA) is 64.1 Å². The van der Waals surface area contributed by atoms with E-state index in [1.54, 1.807) is 0 Å². The Kier molecular flexibility index (Phi) is 4.31. The smallest absolute Gasteiger partial charge is 0.283 e. The summed E-state index contributed by atoms with van der Waals surface area (Å²) in [7, 11) is 0. The summed E-state index contributed by atoms with van der Waals surface area (Å²) in [5.41, 5.74) is 0.830.